The number of ether oxygens (including phenoxy) is 1. The van der Waals surface area contributed by atoms with Crippen molar-refractivity contribution in [3.05, 3.63) is 29.8 Å². The molecule has 0 aliphatic carbocycles. The van der Waals surface area contributed by atoms with Gasteiger partial charge in [-0.2, -0.15) is 0 Å². The van der Waals surface area contributed by atoms with Gasteiger partial charge in [-0.3, -0.25) is 9.59 Å². The number of hydrogen-bond donors (Lipinski definition) is 3. The summed E-state index contributed by atoms with van der Waals surface area (Å²) in [5.41, 5.74) is -0.219. The van der Waals surface area contributed by atoms with Gasteiger partial charge in [-0.15, -0.1) is 0 Å². The zero-order chi connectivity index (χ0) is 24.6. The molecule has 180 valence electrons. The van der Waals surface area contributed by atoms with Crippen LogP contribution in [-0.2, 0) is 14.3 Å². The number of aromatic hydroxyl groups is 1. The van der Waals surface area contributed by atoms with E-state index in [1.165, 1.54) is 17.0 Å². The fourth-order valence-electron chi connectivity index (χ4n) is 3.27. The van der Waals surface area contributed by atoms with Crippen molar-refractivity contribution in [1.29, 1.82) is 0 Å². The monoisotopic (exact) mass is 449 g/mol. The maximum Gasteiger partial charge on any atom is 0.408 e. The van der Waals surface area contributed by atoms with Gasteiger partial charge in [0, 0.05) is 12.6 Å². The SMILES string of the molecule is CCCN(C(=O)C(NC(=O)OC(C)(C)C)C(C)C)C(C(=O)NC(C)C)c1cccc(O)c1. The lowest BCUT2D eigenvalue weighted by Crippen LogP contribution is -2.55. The Bertz CT molecular complexity index is 786. The summed E-state index contributed by atoms with van der Waals surface area (Å²) in [7, 11) is 0. The van der Waals surface area contributed by atoms with Gasteiger partial charge < -0.3 is 25.4 Å². The van der Waals surface area contributed by atoms with Crippen LogP contribution in [-0.4, -0.2) is 52.1 Å². The van der Waals surface area contributed by atoms with E-state index in [0.717, 1.165) is 0 Å². The molecule has 3 N–H and O–H groups in total. The van der Waals surface area contributed by atoms with Crippen molar-refractivity contribution in [2.24, 2.45) is 5.92 Å². The van der Waals surface area contributed by atoms with Crippen LogP contribution in [0.4, 0.5) is 4.79 Å². The Hall–Kier alpha value is -2.77. The Morgan fingerprint density at radius 1 is 1.09 bits per heavy atom. The van der Waals surface area contributed by atoms with E-state index in [2.05, 4.69) is 10.6 Å². The quantitative estimate of drug-likeness (QED) is 0.532. The molecule has 0 aliphatic rings. The molecule has 0 spiro atoms. The van der Waals surface area contributed by atoms with Crippen molar-refractivity contribution in [1.82, 2.24) is 15.5 Å². The van der Waals surface area contributed by atoms with Crippen LogP contribution in [0.25, 0.3) is 0 Å². The number of rotatable bonds is 9. The maximum absolute atomic E-state index is 13.7. The summed E-state index contributed by atoms with van der Waals surface area (Å²) in [6.45, 7) is 14.8. The molecule has 0 heterocycles. The van der Waals surface area contributed by atoms with E-state index in [4.69, 9.17) is 4.74 Å². The molecule has 0 aliphatic heterocycles. The molecule has 0 aromatic heterocycles. The number of carbonyl (C=O) groups excluding carboxylic acids is 3. The van der Waals surface area contributed by atoms with Crippen molar-refractivity contribution in [2.45, 2.75) is 85.5 Å². The molecule has 3 amide bonds. The molecule has 0 saturated carbocycles. The molecule has 1 rings (SSSR count). The second-order valence-electron chi connectivity index (χ2n) is 9.56. The molecule has 8 heteroatoms. The Labute approximate surface area is 191 Å². The number of nitrogens with one attached hydrogen (secondary N) is 2. The average Bonchev–Trinajstić information content (AvgIpc) is 2.63. The minimum atomic E-state index is -0.960. The minimum absolute atomic E-state index is 0.000957. The predicted molar refractivity (Wildman–Crippen MR) is 124 cm³/mol. The van der Waals surface area contributed by atoms with Gasteiger partial charge >= 0.3 is 6.09 Å². The van der Waals surface area contributed by atoms with Gasteiger partial charge in [0.2, 0.25) is 11.8 Å². The Morgan fingerprint density at radius 3 is 2.19 bits per heavy atom. The van der Waals surface area contributed by atoms with Crippen molar-refractivity contribution < 1.29 is 24.2 Å². The molecule has 1 aromatic carbocycles. The van der Waals surface area contributed by atoms with Gasteiger partial charge in [-0.1, -0.05) is 32.9 Å². The molecular formula is C24H39N3O5. The van der Waals surface area contributed by atoms with Gasteiger partial charge in [0.05, 0.1) is 0 Å². The average molecular weight is 450 g/mol. The number of carbonyl (C=O) groups is 3. The highest BCUT2D eigenvalue weighted by atomic mass is 16.6. The number of benzene rings is 1. The van der Waals surface area contributed by atoms with Crippen molar-refractivity contribution >= 4 is 17.9 Å². The molecule has 0 bridgehead atoms. The number of alkyl carbamates (subject to hydrolysis) is 1. The Morgan fingerprint density at radius 2 is 1.72 bits per heavy atom. The van der Waals surface area contributed by atoms with Crippen LogP contribution < -0.4 is 10.6 Å². The Balaban J connectivity index is 3.38. The topological polar surface area (TPSA) is 108 Å². The lowest BCUT2D eigenvalue weighted by atomic mass is 9.98. The standard InChI is InChI=1S/C24H39N3O5/c1-9-13-27(22(30)19(15(2)3)26-23(31)32-24(6,7)8)20(21(29)25-16(4)5)17-11-10-12-18(28)14-17/h10-12,14-16,19-20,28H,9,13H2,1-8H3,(H,25,29)(H,26,31). The van der Waals surface area contributed by atoms with E-state index >= 15 is 0 Å². The smallest absolute Gasteiger partial charge is 0.408 e. The highest BCUT2D eigenvalue weighted by molar-refractivity contribution is 5.92. The van der Waals surface area contributed by atoms with Crippen molar-refractivity contribution in [3.8, 4) is 5.75 Å². The van der Waals surface area contributed by atoms with Crippen LogP contribution >= 0.6 is 0 Å². The first-order valence-corrected chi connectivity index (χ1v) is 11.2. The van der Waals surface area contributed by atoms with E-state index in [1.54, 1.807) is 32.9 Å². The molecule has 0 saturated heterocycles. The van der Waals surface area contributed by atoms with Crippen LogP contribution in [0.5, 0.6) is 5.75 Å². The zero-order valence-corrected chi connectivity index (χ0v) is 20.6. The largest absolute Gasteiger partial charge is 0.508 e. The third-order valence-corrected chi connectivity index (χ3v) is 4.53. The molecule has 1 aromatic rings. The molecule has 2 atom stereocenters. The number of nitrogens with zero attached hydrogens (tertiary/aromatic N) is 1. The molecule has 0 fully saturated rings. The highest BCUT2D eigenvalue weighted by Crippen LogP contribution is 2.26. The summed E-state index contributed by atoms with van der Waals surface area (Å²) in [5.74, 6) is -0.986. The second kappa shape index (κ2) is 11.7. The summed E-state index contributed by atoms with van der Waals surface area (Å²) >= 11 is 0. The molecule has 8 nitrogen and oxygen atoms in total. The number of phenolic OH excluding ortho intramolecular Hbond substituents is 1. The van der Waals surface area contributed by atoms with Gasteiger partial charge in [-0.25, -0.2) is 4.79 Å². The predicted octanol–water partition coefficient (Wildman–Crippen LogP) is 3.75. The van der Waals surface area contributed by atoms with Crippen LogP contribution in [0.2, 0.25) is 0 Å². The van der Waals surface area contributed by atoms with E-state index in [0.29, 0.717) is 18.5 Å². The minimum Gasteiger partial charge on any atom is -0.508 e. The van der Waals surface area contributed by atoms with Gasteiger partial charge in [-0.05, 0) is 64.7 Å². The lowest BCUT2D eigenvalue weighted by molar-refractivity contribution is -0.143. The summed E-state index contributed by atoms with van der Waals surface area (Å²) in [6, 6.07) is 4.34. The Kier molecular flexibility index (Phi) is 10.0. The van der Waals surface area contributed by atoms with Gasteiger partial charge in [0.1, 0.15) is 23.4 Å². The van der Waals surface area contributed by atoms with E-state index in [1.807, 2.05) is 34.6 Å². The van der Waals surface area contributed by atoms with E-state index in [9.17, 15) is 19.5 Å². The highest BCUT2D eigenvalue weighted by Gasteiger charge is 2.37. The third kappa shape index (κ3) is 8.40. The van der Waals surface area contributed by atoms with Crippen molar-refractivity contribution in [2.75, 3.05) is 6.54 Å². The first-order chi connectivity index (χ1) is 14.8. The first kappa shape index (κ1) is 27.3. The molecule has 0 radical (unpaired) electrons. The first-order valence-electron chi connectivity index (χ1n) is 11.2. The molecule has 32 heavy (non-hydrogen) atoms. The number of hydrogen-bond acceptors (Lipinski definition) is 5. The zero-order valence-electron chi connectivity index (χ0n) is 20.6. The van der Waals surface area contributed by atoms with Crippen LogP contribution in [0, 0.1) is 5.92 Å². The van der Waals surface area contributed by atoms with Crippen LogP contribution in [0.15, 0.2) is 24.3 Å². The molecule has 2 unspecified atom stereocenters. The maximum atomic E-state index is 13.7. The van der Waals surface area contributed by atoms with E-state index in [-0.39, 0.29) is 29.5 Å². The molecular weight excluding hydrogens is 410 g/mol. The van der Waals surface area contributed by atoms with Gasteiger partial charge in [0.25, 0.3) is 0 Å². The normalized spacial score (nSPS) is 13.4. The number of amides is 3. The number of phenols is 1. The van der Waals surface area contributed by atoms with Crippen LogP contribution in [0.1, 0.15) is 73.4 Å². The third-order valence-electron chi connectivity index (χ3n) is 4.53. The van der Waals surface area contributed by atoms with Gasteiger partial charge in [0.15, 0.2) is 0 Å². The second-order valence-corrected chi connectivity index (χ2v) is 9.56. The summed E-state index contributed by atoms with van der Waals surface area (Å²) in [6.07, 6.45) is -0.0886. The summed E-state index contributed by atoms with van der Waals surface area (Å²) < 4.78 is 5.34. The summed E-state index contributed by atoms with van der Waals surface area (Å²) in [5, 5.41) is 15.5. The van der Waals surface area contributed by atoms with Crippen LogP contribution in [0.3, 0.4) is 0 Å². The fourth-order valence-corrected chi connectivity index (χ4v) is 3.27. The fraction of sp³-hybridized carbons (Fsp3) is 0.625. The van der Waals surface area contributed by atoms with E-state index < -0.39 is 23.8 Å². The van der Waals surface area contributed by atoms with Crippen molar-refractivity contribution in [3.63, 3.8) is 0 Å². The lowest BCUT2D eigenvalue weighted by Gasteiger charge is -2.35. The summed E-state index contributed by atoms with van der Waals surface area (Å²) in [4.78, 5) is 40.7.